The summed E-state index contributed by atoms with van der Waals surface area (Å²) < 4.78 is 15.4. The molecule has 0 aliphatic heterocycles. The van der Waals surface area contributed by atoms with Crippen LogP contribution >= 0.6 is 0 Å². The highest BCUT2D eigenvalue weighted by molar-refractivity contribution is 7.80. The summed E-state index contributed by atoms with van der Waals surface area (Å²) in [5, 5.41) is 8.12. The fourth-order valence-electron chi connectivity index (χ4n) is 0.822. The Balaban J connectivity index is 2.97. The van der Waals surface area contributed by atoms with E-state index in [2.05, 4.69) is 4.18 Å². The molecule has 0 fully saturated rings. The van der Waals surface area contributed by atoms with Gasteiger partial charge in [0, 0.05) is 0 Å². The minimum absolute atomic E-state index is 0.541. The van der Waals surface area contributed by atoms with Crippen LogP contribution in [0.15, 0.2) is 29.2 Å². The first-order valence-corrected chi connectivity index (χ1v) is 4.37. The Labute approximate surface area is 73.3 Å². The van der Waals surface area contributed by atoms with Gasteiger partial charge in [-0.25, -0.2) is 4.21 Å². The monoisotopic (exact) mass is 181 g/mol. The van der Waals surface area contributed by atoms with Crippen molar-refractivity contribution in [1.29, 1.82) is 5.26 Å². The van der Waals surface area contributed by atoms with E-state index in [0.717, 1.165) is 5.56 Å². The molecule has 62 valence electrons. The van der Waals surface area contributed by atoms with Crippen molar-refractivity contribution in [2.24, 2.45) is 0 Å². The van der Waals surface area contributed by atoms with E-state index in [1.54, 1.807) is 12.1 Å². The SMILES string of the molecule is Cc1ccccc1S(=O)OC#N. The summed E-state index contributed by atoms with van der Waals surface area (Å²) in [6.07, 6.45) is 1.39. The Bertz CT molecular complexity index is 343. The van der Waals surface area contributed by atoms with Crippen LogP contribution in [0.1, 0.15) is 5.56 Å². The molecule has 0 N–H and O–H groups in total. The number of nitrogens with zero attached hydrogens (tertiary/aromatic N) is 1. The molecule has 0 aromatic heterocycles. The predicted molar refractivity (Wildman–Crippen MR) is 44.3 cm³/mol. The van der Waals surface area contributed by atoms with E-state index in [-0.39, 0.29) is 0 Å². The molecule has 4 heteroatoms. The summed E-state index contributed by atoms with van der Waals surface area (Å²) in [6, 6.07) is 7.07. The molecular formula is C8H7NO2S. The van der Waals surface area contributed by atoms with Gasteiger partial charge in [-0.05, 0) is 18.6 Å². The molecule has 0 aliphatic rings. The molecule has 0 saturated carbocycles. The fourth-order valence-corrected chi connectivity index (χ4v) is 1.50. The molecule has 0 aliphatic carbocycles. The second-order valence-electron chi connectivity index (χ2n) is 2.17. The van der Waals surface area contributed by atoms with E-state index in [4.69, 9.17) is 5.26 Å². The molecule has 0 spiro atoms. The average molecular weight is 181 g/mol. The lowest BCUT2D eigenvalue weighted by molar-refractivity contribution is 0.526. The lowest BCUT2D eigenvalue weighted by atomic mass is 10.2. The number of benzene rings is 1. The maximum absolute atomic E-state index is 11.1. The third-order valence-electron chi connectivity index (χ3n) is 1.39. The van der Waals surface area contributed by atoms with Crippen LogP contribution in [0.4, 0.5) is 0 Å². The van der Waals surface area contributed by atoms with Gasteiger partial charge in [-0.15, -0.1) is 5.26 Å². The van der Waals surface area contributed by atoms with Crippen LogP contribution in [0.25, 0.3) is 0 Å². The highest BCUT2D eigenvalue weighted by Crippen LogP contribution is 2.12. The van der Waals surface area contributed by atoms with Gasteiger partial charge in [0.2, 0.25) is 0 Å². The van der Waals surface area contributed by atoms with Gasteiger partial charge in [0.1, 0.15) is 0 Å². The fraction of sp³-hybridized carbons (Fsp3) is 0.125. The molecule has 1 atom stereocenters. The summed E-state index contributed by atoms with van der Waals surface area (Å²) >= 11 is -1.66. The van der Waals surface area contributed by atoms with Gasteiger partial charge in [-0.2, -0.15) is 0 Å². The third kappa shape index (κ3) is 1.83. The van der Waals surface area contributed by atoms with Crippen LogP contribution in [-0.4, -0.2) is 4.21 Å². The summed E-state index contributed by atoms with van der Waals surface area (Å²) in [6.45, 7) is 1.81. The predicted octanol–water partition coefficient (Wildman–Crippen LogP) is 1.52. The summed E-state index contributed by atoms with van der Waals surface area (Å²) in [7, 11) is 0. The van der Waals surface area contributed by atoms with E-state index >= 15 is 0 Å². The van der Waals surface area contributed by atoms with Crippen LogP contribution in [0, 0.1) is 18.4 Å². The number of aryl methyl sites for hydroxylation is 1. The zero-order chi connectivity index (χ0) is 8.97. The summed E-state index contributed by atoms with van der Waals surface area (Å²) in [5.74, 6) is 0. The second kappa shape index (κ2) is 3.88. The Hall–Kier alpha value is -1.34. The molecule has 0 heterocycles. The zero-order valence-corrected chi connectivity index (χ0v) is 7.30. The van der Waals surface area contributed by atoms with Crippen molar-refractivity contribution in [2.75, 3.05) is 0 Å². The molecule has 1 aromatic carbocycles. The van der Waals surface area contributed by atoms with Crippen molar-refractivity contribution in [3.8, 4) is 6.26 Å². The first-order chi connectivity index (χ1) is 5.75. The molecular weight excluding hydrogens is 174 g/mol. The molecule has 1 aromatic rings. The normalized spacial score (nSPS) is 11.7. The first-order valence-electron chi connectivity index (χ1n) is 3.29. The third-order valence-corrected chi connectivity index (χ3v) is 2.43. The van der Waals surface area contributed by atoms with Crippen molar-refractivity contribution in [2.45, 2.75) is 11.8 Å². The topological polar surface area (TPSA) is 50.1 Å². The van der Waals surface area contributed by atoms with Crippen molar-refractivity contribution >= 4 is 11.1 Å². The van der Waals surface area contributed by atoms with Crippen LogP contribution in [-0.2, 0) is 15.3 Å². The van der Waals surface area contributed by atoms with Gasteiger partial charge in [0.05, 0.1) is 4.90 Å². The number of nitriles is 1. The minimum atomic E-state index is -1.66. The van der Waals surface area contributed by atoms with Crippen molar-refractivity contribution in [3.05, 3.63) is 29.8 Å². The standard InChI is InChI=1S/C8H7NO2S/c1-7-4-2-3-5-8(7)12(10)11-6-9/h2-5H,1H3. The van der Waals surface area contributed by atoms with Gasteiger partial charge in [-0.1, -0.05) is 18.2 Å². The zero-order valence-electron chi connectivity index (χ0n) is 6.48. The highest BCUT2D eigenvalue weighted by atomic mass is 32.2. The van der Waals surface area contributed by atoms with Crippen LogP contribution in [0.3, 0.4) is 0 Å². The lowest BCUT2D eigenvalue weighted by Crippen LogP contribution is -1.94. The minimum Gasteiger partial charge on any atom is -0.318 e. The molecule has 1 rings (SSSR count). The Morgan fingerprint density at radius 1 is 1.50 bits per heavy atom. The molecule has 1 unspecified atom stereocenters. The second-order valence-corrected chi connectivity index (χ2v) is 3.25. The first kappa shape index (κ1) is 8.75. The van der Waals surface area contributed by atoms with E-state index in [0.29, 0.717) is 4.90 Å². The van der Waals surface area contributed by atoms with E-state index in [9.17, 15) is 4.21 Å². The molecule has 0 amide bonds. The number of hydrogen-bond acceptors (Lipinski definition) is 3. The van der Waals surface area contributed by atoms with Crippen LogP contribution in [0.2, 0.25) is 0 Å². The average Bonchev–Trinajstić information content (AvgIpc) is 2.05. The molecule has 12 heavy (non-hydrogen) atoms. The highest BCUT2D eigenvalue weighted by Gasteiger charge is 2.06. The van der Waals surface area contributed by atoms with Crippen LogP contribution in [0.5, 0.6) is 0 Å². The van der Waals surface area contributed by atoms with Crippen molar-refractivity contribution in [1.82, 2.24) is 0 Å². The van der Waals surface area contributed by atoms with Gasteiger partial charge >= 0.3 is 6.26 Å². The van der Waals surface area contributed by atoms with Crippen molar-refractivity contribution < 1.29 is 8.39 Å². The van der Waals surface area contributed by atoms with Gasteiger partial charge in [-0.3, -0.25) is 0 Å². The van der Waals surface area contributed by atoms with E-state index in [1.165, 1.54) is 6.26 Å². The Morgan fingerprint density at radius 3 is 2.75 bits per heavy atom. The van der Waals surface area contributed by atoms with Gasteiger partial charge in [0.25, 0.3) is 11.1 Å². The number of hydrogen-bond donors (Lipinski definition) is 0. The molecule has 0 saturated heterocycles. The smallest absolute Gasteiger partial charge is 0.302 e. The Morgan fingerprint density at radius 2 is 2.17 bits per heavy atom. The molecule has 0 bridgehead atoms. The molecule has 3 nitrogen and oxygen atoms in total. The summed E-state index contributed by atoms with van der Waals surface area (Å²) in [5.41, 5.74) is 0.853. The van der Waals surface area contributed by atoms with Gasteiger partial charge in [0.15, 0.2) is 0 Å². The van der Waals surface area contributed by atoms with Gasteiger partial charge < -0.3 is 4.18 Å². The number of rotatable bonds is 2. The maximum Gasteiger partial charge on any atom is 0.302 e. The largest absolute Gasteiger partial charge is 0.318 e. The lowest BCUT2D eigenvalue weighted by Gasteiger charge is -1.99. The van der Waals surface area contributed by atoms with E-state index in [1.807, 2.05) is 19.1 Å². The van der Waals surface area contributed by atoms with Crippen molar-refractivity contribution in [3.63, 3.8) is 0 Å². The Kier molecular flexibility index (Phi) is 2.83. The molecule has 0 radical (unpaired) electrons. The van der Waals surface area contributed by atoms with Crippen LogP contribution < -0.4 is 0 Å². The quantitative estimate of drug-likeness (QED) is 0.650. The van der Waals surface area contributed by atoms with E-state index < -0.39 is 11.1 Å². The summed E-state index contributed by atoms with van der Waals surface area (Å²) in [4.78, 5) is 0.541. The maximum atomic E-state index is 11.1.